The molecule has 1 N–H and O–H groups in total. The van der Waals surface area contributed by atoms with E-state index >= 15 is 0 Å². The van der Waals surface area contributed by atoms with E-state index in [-0.39, 0.29) is 11.9 Å². The maximum atomic E-state index is 12.6. The van der Waals surface area contributed by atoms with Crippen LogP contribution < -0.4 is 5.32 Å². The van der Waals surface area contributed by atoms with Crippen LogP contribution in [0.3, 0.4) is 0 Å². The molecular weight excluding hydrogens is 312 g/mol. The van der Waals surface area contributed by atoms with E-state index in [0.717, 1.165) is 24.4 Å². The fraction of sp³-hybridized carbons (Fsp3) is 0.450. The molecule has 132 valence electrons. The van der Waals surface area contributed by atoms with Crippen LogP contribution in [0.4, 0.5) is 0 Å². The zero-order valence-corrected chi connectivity index (χ0v) is 15.4. The molecule has 1 aromatic heterocycles. The molecule has 0 saturated heterocycles. The van der Waals surface area contributed by atoms with E-state index in [2.05, 4.69) is 39.2 Å². The van der Waals surface area contributed by atoms with Gasteiger partial charge in [-0.25, -0.2) is 9.97 Å². The summed E-state index contributed by atoms with van der Waals surface area (Å²) < 4.78 is 0. The molecule has 1 heterocycles. The summed E-state index contributed by atoms with van der Waals surface area (Å²) in [7, 11) is 4.06. The monoisotopic (exact) mass is 338 g/mol. The topological polar surface area (TPSA) is 58.1 Å². The summed E-state index contributed by atoms with van der Waals surface area (Å²) in [4.78, 5) is 23.6. The third-order valence-corrected chi connectivity index (χ3v) is 4.81. The molecule has 2 aromatic rings. The van der Waals surface area contributed by atoms with Crippen molar-refractivity contribution >= 4 is 5.91 Å². The minimum absolute atomic E-state index is 0.111. The first-order chi connectivity index (χ1) is 12.0. The van der Waals surface area contributed by atoms with Gasteiger partial charge in [0.05, 0.1) is 17.3 Å². The number of nitrogens with zero attached hydrogens (tertiary/aromatic N) is 3. The number of hydrogen-bond acceptors (Lipinski definition) is 4. The maximum absolute atomic E-state index is 12.6. The molecule has 1 aliphatic carbocycles. The third kappa shape index (κ3) is 4.04. The lowest BCUT2D eigenvalue weighted by atomic mass is 10.0. The standard InChI is InChI=1S/C20H26N4O/c1-13-7-5-6-8-16(13)18(24(3)4)12-22-20(25)17-11-21-19(15-9-10-15)23-14(17)2/h5-8,11,15,18H,9-10,12H2,1-4H3,(H,22,25)/t18-/m0/s1. The number of benzene rings is 1. The van der Waals surface area contributed by atoms with Gasteiger partial charge in [-0.1, -0.05) is 24.3 Å². The fourth-order valence-electron chi connectivity index (χ4n) is 3.06. The summed E-state index contributed by atoms with van der Waals surface area (Å²) in [5.41, 5.74) is 3.77. The highest BCUT2D eigenvalue weighted by Gasteiger charge is 2.27. The van der Waals surface area contributed by atoms with E-state index in [1.807, 2.05) is 33.2 Å². The van der Waals surface area contributed by atoms with Gasteiger partial charge in [-0.3, -0.25) is 4.79 Å². The molecule has 0 bridgehead atoms. The SMILES string of the molecule is Cc1ccccc1[C@H](CNC(=O)c1cnc(C2CC2)nc1C)N(C)C. The number of nitrogens with one attached hydrogen (secondary N) is 1. The van der Waals surface area contributed by atoms with Crippen molar-refractivity contribution in [1.29, 1.82) is 0 Å². The molecule has 1 aliphatic rings. The Kier molecular flexibility index (Phi) is 5.13. The largest absolute Gasteiger partial charge is 0.350 e. The number of aryl methyl sites for hydroxylation is 2. The molecule has 5 nitrogen and oxygen atoms in total. The molecule has 0 radical (unpaired) electrons. The second kappa shape index (κ2) is 7.31. The molecule has 1 aromatic carbocycles. The van der Waals surface area contributed by atoms with E-state index in [9.17, 15) is 4.79 Å². The van der Waals surface area contributed by atoms with Gasteiger partial charge in [0.15, 0.2) is 0 Å². The average Bonchev–Trinajstić information content (AvgIpc) is 3.41. The minimum Gasteiger partial charge on any atom is -0.350 e. The first-order valence-electron chi connectivity index (χ1n) is 8.81. The molecule has 1 atom stereocenters. The lowest BCUT2D eigenvalue weighted by Crippen LogP contribution is -2.35. The number of rotatable bonds is 6. The molecule has 0 aliphatic heterocycles. The van der Waals surface area contributed by atoms with Gasteiger partial charge in [-0.05, 0) is 51.9 Å². The number of hydrogen-bond donors (Lipinski definition) is 1. The van der Waals surface area contributed by atoms with Crippen molar-refractivity contribution in [2.75, 3.05) is 20.6 Å². The van der Waals surface area contributed by atoms with E-state index in [1.54, 1.807) is 6.20 Å². The zero-order valence-electron chi connectivity index (χ0n) is 15.4. The van der Waals surface area contributed by atoms with Crippen molar-refractivity contribution in [3.05, 3.63) is 58.7 Å². The van der Waals surface area contributed by atoms with Crippen molar-refractivity contribution < 1.29 is 4.79 Å². The van der Waals surface area contributed by atoms with Crippen LogP contribution in [0, 0.1) is 13.8 Å². The van der Waals surface area contributed by atoms with E-state index in [4.69, 9.17) is 0 Å². The van der Waals surface area contributed by atoms with E-state index in [1.165, 1.54) is 11.1 Å². The second-order valence-electron chi connectivity index (χ2n) is 7.05. The maximum Gasteiger partial charge on any atom is 0.254 e. The highest BCUT2D eigenvalue weighted by molar-refractivity contribution is 5.94. The summed E-state index contributed by atoms with van der Waals surface area (Å²) in [6, 6.07) is 8.41. The average molecular weight is 338 g/mol. The Morgan fingerprint density at radius 1 is 1.28 bits per heavy atom. The number of aromatic nitrogens is 2. The van der Waals surface area contributed by atoms with Crippen LogP contribution in [0.5, 0.6) is 0 Å². The van der Waals surface area contributed by atoms with Crippen LogP contribution in [0.1, 0.15) is 57.8 Å². The Morgan fingerprint density at radius 3 is 2.60 bits per heavy atom. The van der Waals surface area contributed by atoms with Gasteiger partial charge in [-0.2, -0.15) is 0 Å². The van der Waals surface area contributed by atoms with Gasteiger partial charge in [0, 0.05) is 18.7 Å². The number of likely N-dealkylation sites (N-methyl/N-ethyl adjacent to an activating group) is 1. The van der Waals surface area contributed by atoms with Crippen molar-refractivity contribution in [2.45, 2.75) is 38.6 Å². The minimum atomic E-state index is -0.111. The van der Waals surface area contributed by atoms with Gasteiger partial charge in [0.25, 0.3) is 5.91 Å². The van der Waals surface area contributed by atoms with Gasteiger partial charge < -0.3 is 10.2 Å². The Labute approximate surface area is 149 Å². The van der Waals surface area contributed by atoms with Crippen LogP contribution in [-0.4, -0.2) is 41.4 Å². The predicted molar refractivity (Wildman–Crippen MR) is 98.7 cm³/mol. The van der Waals surface area contributed by atoms with Crippen LogP contribution >= 0.6 is 0 Å². The quantitative estimate of drug-likeness (QED) is 0.880. The molecule has 25 heavy (non-hydrogen) atoms. The van der Waals surface area contributed by atoms with Crippen LogP contribution in [0.25, 0.3) is 0 Å². The summed E-state index contributed by atoms with van der Waals surface area (Å²) >= 11 is 0. The second-order valence-corrected chi connectivity index (χ2v) is 7.05. The summed E-state index contributed by atoms with van der Waals surface area (Å²) in [5.74, 6) is 1.26. The van der Waals surface area contributed by atoms with Gasteiger partial charge >= 0.3 is 0 Å². The van der Waals surface area contributed by atoms with Gasteiger partial charge in [-0.15, -0.1) is 0 Å². The highest BCUT2D eigenvalue weighted by Crippen LogP contribution is 2.37. The molecule has 0 unspecified atom stereocenters. The normalized spacial score (nSPS) is 15.2. The molecule has 1 saturated carbocycles. The predicted octanol–water partition coefficient (Wildman–Crippen LogP) is 3.00. The van der Waals surface area contributed by atoms with Crippen LogP contribution in [0.2, 0.25) is 0 Å². The molecule has 3 rings (SSSR count). The first kappa shape index (κ1) is 17.5. The molecular formula is C20H26N4O. The number of carbonyl (C=O) groups is 1. The fourth-order valence-corrected chi connectivity index (χ4v) is 3.06. The van der Waals surface area contributed by atoms with Crippen molar-refractivity contribution in [1.82, 2.24) is 20.2 Å². The van der Waals surface area contributed by atoms with Gasteiger partial charge in [0.1, 0.15) is 5.82 Å². The lowest BCUT2D eigenvalue weighted by Gasteiger charge is -2.26. The Morgan fingerprint density at radius 2 is 2.00 bits per heavy atom. The smallest absolute Gasteiger partial charge is 0.254 e. The first-order valence-corrected chi connectivity index (χ1v) is 8.81. The van der Waals surface area contributed by atoms with Gasteiger partial charge in [0.2, 0.25) is 0 Å². The summed E-state index contributed by atoms with van der Waals surface area (Å²) in [5, 5.41) is 3.05. The molecule has 1 fully saturated rings. The zero-order chi connectivity index (χ0) is 18.0. The molecule has 1 amide bonds. The third-order valence-electron chi connectivity index (χ3n) is 4.81. The molecule has 5 heteroatoms. The number of carbonyl (C=O) groups excluding carboxylic acids is 1. The van der Waals surface area contributed by atoms with E-state index < -0.39 is 0 Å². The van der Waals surface area contributed by atoms with E-state index in [0.29, 0.717) is 18.0 Å². The Bertz CT molecular complexity index is 768. The lowest BCUT2D eigenvalue weighted by molar-refractivity contribution is 0.0940. The van der Waals surface area contributed by atoms with Crippen LogP contribution in [-0.2, 0) is 0 Å². The summed E-state index contributed by atoms with van der Waals surface area (Å²) in [6.07, 6.45) is 3.99. The molecule has 0 spiro atoms. The van der Waals surface area contributed by atoms with Crippen molar-refractivity contribution in [3.8, 4) is 0 Å². The Balaban J connectivity index is 1.70. The van der Waals surface area contributed by atoms with Crippen molar-refractivity contribution in [3.63, 3.8) is 0 Å². The summed E-state index contributed by atoms with van der Waals surface area (Å²) in [6.45, 7) is 4.52. The Hall–Kier alpha value is -2.27. The van der Waals surface area contributed by atoms with Crippen molar-refractivity contribution in [2.24, 2.45) is 0 Å². The van der Waals surface area contributed by atoms with Crippen LogP contribution in [0.15, 0.2) is 30.5 Å². The highest BCUT2D eigenvalue weighted by atomic mass is 16.1. The number of amides is 1.